The van der Waals surface area contributed by atoms with Crippen LogP contribution in [0, 0.1) is 6.92 Å². The Hall–Kier alpha value is -1.70. The molecule has 6 nitrogen and oxygen atoms in total. The van der Waals surface area contributed by atoms with Gasteiger partial charge in [0.2, 0.25) is 0 Å². The fourth-order valence-electron chi connectivity index (χ4n) is 2.93. The largest absolute Gasteiger partial charge is 0.468 e. The lowest BCUT2D eigenvalue weighted by atomic mass is 10.1. The van der Waals surface area contributed by atoms with E-state index in [1.54, 1.807) is 18.5 Å². The highest BCUT2D eigenvalue weighted by molar-refractivity contribution is 7.91. The van der Waals surface area contributed by atoms with Crippen LogP contribution in [0.1, 0.15) is 17.0 Å². The average molecular weight is 336 g/mol. The quantitative estimate of drug-likeness (QED) is 0.882. The van der Waals surface area contributed by atoms with E-state index in [0.29, 0.717) is 13.1 Å². The van der Waals surface area contributed by atoms with Crippen LogP contribution in [0.25, 0.3) is 0 Å². The number of aromatic nitrogens is 1. The summed E-state index contributed by atoms with van der Waals surface area (Å²) < 4.78 is 29.1. The van der Waals surface area contributed by atoms with Gasteiger partial charge in [0.05, 0.1) is 42.2 Å². The highest BCUT2D eigenvalue weighted by Gasteiger charge is 2.40. The molecule has 1 saturated heterocycles. The summed E-state index contributed by atoms with van der Waals surface area (Å²) in [6.07, 6.45) is 2.41. The van der Waals surface area contributed by atoms with Crippen LogP contribution in [-0.2, 0) is 22.9 Å². The Bertz CT molecular complexity index is 758. The molecule has 0 aromatic carbocycles. The molecular formula is C16H20N2O4S. The topological polar surface area (TPSA) is 83.6 Å². The van der Waals surface area contributed by atoms with Crippen molar-refractivity contribution in [1.29, 1.82) is 0 Å². The first-order valence-electron chi connectivity index (χ1n) is 7.50. The standard InChI is InChI=1S/C16H20N2O4S/c1-12-4-2-6-17-14(12)9-18(8-13-5-3-7-22-13)15-10-23(20,21)11-16(15)19/h2-7,15-16,19H,8-11H2,1H3/t15-,16+/m0/s1. The fraction of sp³-hybridized carbons (Fsp3) is 0.438. The highest BCUT2D eigenvalue weighted by Crippen LogP contribution is 2.23. The highest BCUT2D eigenvalue weighted by atomic mass is 32.2. The third kappa shape index (κ3) is 3.80. The van der Waals surface area contributed by atoms with E-state index in [4.69, 9.17) is 4.42 Å². The number of pyridine rings is 1. The number of hydrogen-bond acceptors (Lipinski definition) is 6. The molecule has 1 aliphatic heterocycles. The second-order valence-electron chi connectivity index (χ2n) is 5.96. The molecule has 3 rings (SSSR count). The molecule has 0 amide bonds. The molecule has 0 bridgehead atoms. The molecule has 23 heavy (non-hydrogen) atoms. The number of furan rings is 1. The number of aryl methyl sites for hydroxylation is 1. The second kappa shape index (κ2) is 6.43. The van der Waals surface area contributed by atoms with Gasteiger partial charge in [0, 0.05) is 12.7 Å². The van der Waals surface area contributed by atoms with E-state index < -0.39 is 22.0 Å². The van der Waals surface area contributed by atoms with Crippen LogP contribution in [0.2, 0.25) is 0 Å². The Morgan fingerprint density at radius 1 is 1.30 bits per heavy atom. The second-order valence-corrected chi connectivity index (χ2v) is 8.12. The molecule has 1 fully saturated rings. The van der Waals surface area contributed by atoms with Gasteiger partial charge >= 0.3 is 0 Å². The van der Waals surface area contributed by atoms with Crippen molar-refractivity contribution in [1.82, 2.24) is 9.88 Å². The molecule has 124 valence electrons. The number of rotatable bonds is 5. The zero-order chi connectivity index (χ0) is 16.4. The molecule has 1 aliphatic rings. The Labute approximate surface area is 135 Å². The SMILES string of the molecule is Cc1cccnc1CN(Cc1ccco1)[C@H]1CS(=O)(=O)C[C@H]1O. The van der Waals surface area contributed by atoms with Gasteiger partial charge in [-0.2, -0.15) is 0 Å². The Balaban J connectivity index is 1.86. The Morgan fingerprint density at radius 3 is 2.74 bits per heavy atom. The van der Waals surface area contributed by atoms with Crippen molar-refractivity contribution in [2.45, 2.75) is 32.2 Å². The smallest absolute Gasteiger partial charge is 0.154 e. The van der Waals surface area contributed by atoms with Crippen LogP contribution < -0.4 is 0 Å². The molecule has 2 atom stereocenters. The van der Waals surface area contributed by atoms with Gasteiger partial charge in [0.1, 0.15) is 5.76 Å². The zero-order valence-corrected chi connectivity index (χ0v) is 13.7. The number of nitrogens with zero attached hydrogens (tertiary/aromatic N) is 2. The van der Waals surface area contributed by atoms with Crippen molar-refractivity contribution in [2.24, 2.45) is 0 Å². The lowest BCUT2D eigenvalue weighted by Crippen LogP contribution is -2.42. The van der Waals surface area contributed by atoms with Crippen molar-refractivity contribution in [2.75, 3.05) is 11.5 Å². The maximum Gasteiger partial charge on any atom is 0.154 e. The van der Waals surface area contributed by atoms with Crippen molar-refractivity contribution in [3.05, 3.63) is 53.7 Å². The van der Waals surface area contributed by atoms with Crippen molar-refractivity contribution >= 4 is 9.84 Å². The summed E-state index contributed by atoms with van der Waals surface area (Å²) in [5.41, 5.74) is 1.91. The maximum atomic E-state index is 11.9. The Morgan fingerprint density at radius 2 is 2.13 bits per heavy atom. The van der Waals surface area contributed by atoms with Gasteiger partial charge < -0.3 is 9.52 Å². The lowest BCUT2D eigenvalue weighted by molar-refractivity contribution is 0.0676. The summed E-state index contributed by atoms with van der Waals surface area (Å²) in [4.78, 5) is 6.31. The third-order valence-electron chi connectivity index (χ3n) is 4.17. The number of aliphatic hydroxyl groups is 1. The Kier molecular flexibility index (Phi) is 4.52. The van der Waals surface area contributed by atoms with E-state index in [0.717, 1.165) is 17.0 Å². The summed E-state index contributed by atoms with van der Waals surface area (Å²) in [5, 5.41) is 10.2. The first-order chi connectivity index (χ1) is 10.9. The predicted molar refractivity (Wildman–Crippen MR) is 85.4 cm³/mol. The van der Waals surface area contributed by atoms with Gasteiger partial charge in [-0.1, -0.05) is 6.07 Å². The zero-order valence-electron chi connectivity index (χ0n) is 12.9. The van der Waals surface area contributed by atoms with Crippen LogP contribution in [-0.4, -0.2) is 47.1 Å². The van der Waals surface area contributed by atoms with E-state index >= 15 is 0 Å². The summed E-state index contributed by atoms with van der Waals surface area (Å²) in [5.74, 6) is 0.504. The molecule has 2 aromatic heterocycles. The van der Waals surface area contributed by atoms with Crippen LogP contribution in [0.5, 0.6) is 0 Å². The normalized spacial score (nSPS) is 23.4. The molecule has 0 radical (unpaired) electrons. The molecule has 1 N–H and O–H groups in total. The summed E-state index contributed by atoms with van der Waals surface area (Å²) >= 11 is 0. The van der Waals surface area contributed by atoms with Crippen molar-refractivity contribution in [3.63, 3.8) is 0 Å². The van der Waals surface area contributed by atoms with Crippen LogP contribution in [0.3, 0.4) is 0 Å². The van der Waals surface area contributed by atoms with Gasteiger partial charge in [-0.05, 0) is 30.7 Å². The maximum absolute atomic E-state index is 11.9. The van der Waals surface area contributed by atoms with E-state index in [2.05, 4.69) is 4.98 Å². The number of sulfone groups is 1. The van der Waals surface area contributed by atoms with Crippen LogP contribution in [0.4, 0.5) is 0 Å². The van der Waals surface area contributed by atoms with Gasteiger partial charge in [-0.15, -0.1) is 0 Å². The molecule has 7 heteroatoms. The molecule has 0 spiro atoms. The van der Waals surface area contributed by atoms with Crippen LogP contribution in [0.15, 0.2) is 41.1 Å². The van der Waals surface area contributed by atoms with Gasteiger partial charge in [0.15, 0.2) is 9.84 Å². The lowest BCUT2D eigenvalue weighted by Gasteiger charge is -2.29. The van der Waals surface area contributed by atoms with Gasteiger partial charge in [-0.25, -0.2) is 8.42 Å². The fourth-order valence-corrected chi connectivity index (χ4v) is 4.76. The molecule has 3 heterocycles. The molecule has 2 aromatic rings. The van der Waals surface area contributed by atoms with E-state index in [1.807, 2.05) is 30.0 Å². The minimum Gasteiger partial charge on any atom is -0.468 e. The van der Waals surface area contributed by atoms with Gasteiger partial charge in [-0.3, -0.25) is 9.88 Å². The summed E-state index contributed by atoms with van der Waals surface area (Å²) in [6.45, 7) is 2.86. The summed E-state index contributed by atoms with van der Waals surface area (Å²) in [6, 6.07) is 7.02. The monoisotopic (exact) mass is 336 g/mol. The van der Waals surface area contributed by atoms with E-state index in [9.17, 15) is 13.5 Å². The number of hydrogen-bond donors (Lipinski definition) is 1. The van der Waals surface area contributed by atoms with E-state index in [1.165, 1.54) is 0 Å². The van der Waals surface area contributed by atoms with Crippen molar-refractivity contribution < 1.29 is 17.9 Å². The average Bonchev–Trinajstić information content (AvgIpc) is 3.07. The third-order valence-corrected chi connectivity index (χ3v) is 5.87. The first-order valence-corrected chi connectivity index (χ1v) is 9.32. The molecule has 0 saturated carbocycles. The van der Waals surface area contributed by atoms with Crippen molar-refractivity contribution in [3.8, 4) is 0 Å². The molecule has 0 unspecified atom stereocenters. The minimum atomic E-state index is -3.21. The first kappa shape index (κ1) is 16.2. The minimum absolute atomic E-state index is 0.0409. The predicted octanol–water partition coefficient (Wildman–Crippen LogP) is 1.14. The van der Waals surface area contributed by atoms with Crippen LogP contribution >= 0.6 is 0 Å². The molecular weight excluding hydrogens is 316 g/mol. The number of aliphatic hydroxyl groups excluding tert-OH is 1. The van der Waals surface area contributed by atoms with Gasteiger partial charge in [0.25, 0.3) is 0 Å². The van der Waals surface area contributed by atoms with E-state index in [-0.39, 0.29) is 11.5 Å². The molecule has 0 aliphatic carbocycles. The summed E-state index contributed by atoms with van der Waals surface area (Å²) in [7, 11) is -3.21.